The predicted molar refractivity (Wildman–Crippen MR) is 176 cm³/mol. The third-order valence-corrected chi connectivity index (χ3v) is 10.6. The highest BCUT2D eigenvalue weighted by atomic mass is 16.5. The molecule has 0 fully saturated rings. The Morgan fingerprint density at radius 2 is 0.930 bits per heavy atom. The third kappa shape index (κ3) is 2.64. The first kappa shape index (κ1) is 23.5. The van der Waals surface area contributed by atoms with Crippen LogP contribution >= 0.6 is 0 Å². The van der Waals surface area contributed by atoms with Gasteiger partial charge in [-0.3, -0.25) is 0 Å². The minimum atomic E-state index is -0.505. The molecule has 0 aromatic heterocycles. The first-order valence-electron chi connectivity index (χ1n) is 15.2. The molecule has 0 atom stereocenters. The summed E-state index contributed by atoms with van der Waals surface area (Å²) in [4.78, 5) is 2.45. The summed E-state index contributed by atoms with van der Waals surface area (Å²) in [6, 6.07) is 49.3. The summed E-state index contributed by atoms with van der Waals surface area (Å²) in [6.45, 7) is 4.91. The zero-order chi connectivity index (χ0) is 28.5. The Morgan fingerprint density at radius 3 is 1.58 bits per heavy atom. The van der Waals surface area contributed by atoms with Crippen molar-refractivity contribution >= 4 is 40.2 Å². The standard InChI is InChI=1S/C40H28BNO/c1-39(2)28-17-10-19-30-36(28)41-37-29(39)18-11-23-34(37)43-35-24-12-20-31(38(35)41)40(30)26-15-6-8-21-32(26)42(25-13-4-3-5-14-25)33-22-9-7-16-27(33)40/h3-24H,1-2H3. The maximum atomic E-state index is 6.83. The Hall–Kier alpha value is -5.02. The normalized spacial score (nSPS) is 16.6. The van der Waals surface area contributed by atoms with Gasteiger partial charge in [0, 0.05) is 11.1 Å². The van der Waals surface area contributed by atoms with Crippen LogP contribution in [-0.4, -0.2) is 6.71 Å². The number of rotatable bonds is 1. The fourth-order valence-electron chi connectivity index (χ4n) is 9.01. The zero-order valence-corrected chi connectivity index (χ0v) is 24.1. The van der Waals surface area contributed by atoms with Gasteiger partial charge in [-0.25, -0.2) is 0 Å². The van der Waals surface area contributed by atoms with Crippen molar-refractivity contribution in [2.24, 2.45) is 0 Å². The van der Waals surface area contributed by atoms with Crippen molar-refractivity contribution in [3.05, 3.63) is 167 Å². The highest BCUT2D eigenvalue weighted by Crippen LogP contribution is 2.59. The Morgan fingerprint density at radius 1 is 0.465 bits per heavy atom. The van der Waals surface area contributed by atoms with Crippen LogP contribution in [0, 0.1) is 0 Å². The molecule has 6 aromatic carbocycles. The largest absolute Gasteiger partial charge is 0.458 e. The van der Waals surface area contributed by atoms with Crippen LogP contribution in [0.3, 0.4) is 0 Å². The lowest BCUT2D eigenvalue weighted by molar-refractivity contribution is 0.482. The van der Waals surface area contributed by atoms with Crippen molar-refractivity contribution in [3.8, 4) is 11.5 Å². The fraction of sp³-hybridized carbons (Fsp3) is 0.100. The van der Waals surface area contributed by atoms with Crippen LogP contribution in [0.4, 0.5) is 17.1 Å². The fourth-order valence-corrected chi connectivity index (χ4v) is 9.01. The topological polar surface area (TPSA) is 12.5 Å². The summed E-state index contributed by atoms with van der Waals surface area (Å²) in [5.41, 5.74) is 15.2. The van der Waals surface area contributed by atoms with Crippen LogP contribution < -0.4 is 26.0 Å². The molecular formula is C40H28BNO. The van der Waals surface area contributed by atoms with Crippen molar-refractivity contribution in [1.29, 1.82) is 0 Å². The van der Waals surface area contributed by atoms with Crippen molar-refractivity contribution < 1.29 is 4.74 Å². The minimum absolute atomic E-state index is 0.141. The van der Waals surface area contributed by atoms with Gasteiger partial charge in [-0.2, -0.15) is 0 Å². The molecule has 0 unspecified atom stereocenters. The van der Waals surface area contributed by atoms with E-state index >= 15 is 0 Å². The van der Waals surface area contributed by atoms with E-state index in [9.17, 15) is 0 Å². The first-order valence-corrected chi connectivity index (χ1v) is 15.2. The maximum absolute atomic E-state index is 6.83. The van der Waals surface area contributed by atoms with E-state index in [4.69, 9.17) is 4.74 Å². The van der Waals surface area contributed by atoms with Gasteiger partial charge in [-0.05, 0) is 80.7 Å². The summed E-state index contributed by atoms with van der Waals surface area (Å²) >= 11 is 0. The number of benzene rings is 6. The molecule has 0 saturated carbocycles. The van der Waals surface area contributed by atoms with E-state index in [0.29, 0.717) is 0 Å². The number of fused-ring (bicyclic) bond motifs is 6. The van der Waals surface area contributed by atoms with Gasteiger partial charge in [0.15, 0.2) is 0 Å². The lowest BCUT2D eigenvalue weighted by Gasteiger charge is -2.53. The van der Waals surface area contributed by atoms with Crippen molar-refractivity contribution in [3.63, 3.8) is 0 Å². The number of hydrogen-bond donors (Lipinski definition) is 0. The Bertz CT molecular complexity index is 2120. The van der Waals surface area contributed by atoms with Gasteiger partial charge in [0.1, 0.15) is 11.5 Å². The maximum Gasteiger partial charge on any atom is 0.252 e. The smallest absolute Gasteiger partial charge is 0.252 e. The number of nitrogens with zero attached hydrogens (tertiary/aromatic N) is 1. The number of anilines is 3. The molecule has 6 aromatic rings. The summed E-state index contributed by atoms with van der Waals surface area (Å²) in [7, 11) is 0. The van der Waals surface area contributed by atoms with E-state index in [0.717, 1.165) is 11.5 Å². The Kier molecular flexibility index (Phi) is 4.31. The third-order valence-electron chi connectivity index (χ3n) is 10.6. The first-order chi connectivity index (χ1) is 21.1. The Labute approximate surface area is 252 Å². The van der Waals surface area contributed by atoms with Gasteiger partial charge in [0.2, 0.25) is 0 Å². The van der Waals surface area contributed by atoms with Crippen LogP contribution in [0.5, 0.6) is 11.5 Å². The second kappa shape index (κ2) is 7.87. The SMILES string of the molecule is CC1(C)c2cccc3c2B2c4c(cccc4C4(c5ccccc5N(c5ccccc5)c5ccccc54)c4cccc1c42)O3. The van der Waals surface area contributed by atoms with E-state index in [-0.39, 0.29) is 12.1 Å². The molecule has 0 aliphatic carbocycles. The molecule has 3 heteroatoms. The highest BCUT2D eigenvalue weighted by molar-refractivity contribution is 6.99. The van der Waals surface area contributed by atoms with Gasteiger partial charge < -0.3 is 9.64 Å². The number of hydrogen-bond acceptors (Lipinski definition) is 2. The molecule has 4 aliphatic rings. The minimum Gasteiger partial charge on any atom is -0.458 e. The molecule has 4 heterocycles. The number of ether oxygens (including phenoxy) is 1. The van der Waals surface area contributed by atoms with Crippen molar-refractivity contribution in [2.75, 3.05) is 4.90 Å². The number of para-hydroxylation sites is 3. The van der Waals surface area contributed by atoms with E-state index < -0.39 is 5.41 Å². The summed E-state index contributed by atoms with van der Waals surface area (Å²) in [5.74, 6) is 1.98. The average molecular weight is 549 g/mol. The summed E-state index contributed by atoms with van der Waals surface area (Å²) in [6.07, 6.45) is 0. The molecule has 0 radical (unpaired) electrons. The zero-order valence-electron chi connectivity index (χ0n) is 24.1. The van der Waals surface area contributed by atoms with Gasteiger partial charge in [-0.15, -0.1) is 0 Å². The van der Waals surface area contributed by atoms with Crippen LogP contribution in [0.25, 0.3) is 0 Å². The molecule has 0 saturated heterocycles. The molecule has 2 nitrogen and oxygen atoms in total. The second-order valence-corrected chi connectivity index (χ2v) is 12.8. The predicted octanol–water partition coefficient (Wildman–Crippen LogP) is 7.43. The molecule has 4 aliphatic heterocycles. The van der Waals surface area contributed by atoms with Crippen molar-refractivity contribution in [1.82, 2.24) is 0 Å². The molecule has 0 amide bonds. The van der Waals surface area contributed by atoms with E-state index in [1.807, 2.05) is 0 Å². The quantitative estimate of drug-likeness (QED) is 0.198. The molecule has 0 N–H and O–H groups in total. The van der Waals surface area contributed by atoms with Crippen LogP contribution in [-0.2, 0) is 10.8 Å². The van der Waals surface area contributed by atoms with Gasteiger partial charge in [0.05, 0.1) is 16.8 Å². The molecule has 0 bridgehead atoms. The summed E-state index contributed by atoms with van der Waals surface area (Å²) < 4.78 is 6.83. The van der Waals surface area contributed by atoms with Gasteiger partial charge in [0.25, 0.3) is 6.71 Å². The molecule has 43 heavy (non-hydrogen) atoms. The summed E-state index contributed by atoms with van der Waals surface area (Å²) in [5, 5.41) is 0. The highest BCUT2D eigenvalue weighted by Gasteiger charge is 2.57. The Balaban J connectivity index is 1.41. The van der Waals surface area contributed by atoms with E-state index in [1.165, 1.54) is 66.8 Å². The van der Waals surface area contributed by atoms with Crippen LogP contribution in [0.1, 0.15) is 47.2 Å². The van der Waals surface area contributed by atoms with Crippen LogP contribution in [0.15, 0.2) is 133 Å². The van der Waals surface area contributed by atoms with Crippen molar-refractivity contribution in [2.45, 2.75) is 24.7 Å². The monoisotopic (exact) mass is 549 g/mol. The lowest BCUT2D eigenvalue weighted by Crippen LogP contribution is -2.69. The van der Waals surface area contributed by atoms with E-state index in [2.05, 4.69) is 152 Å². The lowest BCUT2D eigenvalue weighted by atomic mass is 9.26. The van der Waals surface area contributed by atoms with Crippen LogP contribution in [0.2, 0.25) is 0 Å². The molecular weight excluding hydrogens is 521 g/mol. The molecule has 202 valence electrons. The molecule has 1 spiro atoms. The van der Waals surface area contributed by atoms with Gasteiger partial charge >= 0.3 is 0 Å². The molecule has 10 rings (SSSR count). The second-order valence-electron chi connectivity index (χ2n) is 12.8. The van der Waals surface area contributed by atoms with E-state index in [1.54, 1.807) is 0 Å². The van der Waals surface area contributed by atoms with Gasteiger partial charge in [-0.1, -0.05) is 116 Å². The average Bonchev–Trinajstić information content (AvgIpc) is 3.05.